The molecule has 0 aromatic rings. The average molecular weight is 540 g/mol. The molecule has 0 aliphatic heterocycles. The number of aliphatic hydroxyl groups excluding tert-OH is 1. The van der Waals surface area contributed by atoms with Crippen molar-refractivity contribution in [1.29, 1.82) is 0 Å². The minimum Gasteiger partial charge on any atom is -0.459 e. The lowest BCUT2D eigenvalue weighted by molar-refractivity contribution is -0.205. The molecule has 0 heterocycles. The minimum atomic E-state index is -1.24. The van der Waals surface area contributed by atoms with E-state index in [0.29, 0.717) is 25.7 Å². The average Bonchev–Trinajstić information content (AvgIpc) is 2.85. The van der Waals surface area contributed by atoms with Gasteiger partial charge in [0.1, 0.15) is 11.7 Å². The molecule has 3 aliphatic rings. The fourth-order valence-corrected chi connectivity index (χ4v) is 7.92. The van der Waals surface area contributed by atoms with Gasteiger partial charge in [-0.15, -0.1) is 0 Å². The predicted octanol–water partition coefficient (Wildman–Crippen LogP) is 3.93. The second-order valence-corrected chi connectivity index (χ2v) is 13.2. The van der Waals surface area contributed by atoms with Crippen molar-refractivity contribution in [1.82, 2.24) is 0 Å². The maximum Gasteiger partial charge on any atom is 0.303 e. The number of aliphatic hydroxyl groups is 3. The highest BCUT2D eigenvalue weighted by Crippen LogP contribution is 2.63. The van der Waals surface area contributed by atoms with Crippen LogP contribution in [0.25, 0.3) is 0 Å². The van der Waals surface area contributed by atoms with Gasteiger partial charge in [0.05, 0.1) is 11.7 Å². The molecule has 0 aromatic heterocycles. The van der Waals surface area contributed by atoms with Crippen molar-refractivity contribution in [2.24, 2.45) is 22.7 Å². The summed E-state index contributed by atoms with van der Waals surface area (Å²) in [4.78, 5) is 12.5. The van der Waals surface area contributed by atoms with E-state index < -0.39 is 35.3 Å². The third-order valence-electron chi connectivity index (χ3n) is 8.09. The van der Waals surface area contributed by atoms with E-state index in [0.717, 1.165) is 12.8 Å². The van der Waals surface area contributed by atoms with E-state index in [1.165, 1.54) is 6.92 Å². The SMILES string of the molecule is CC(=O)OC([C@@H]1[C@H](O)C[C@]2(C)[C@@H](Br)CC[C@@](C)(O)[C@@H]12)[C@@]1(O)CC[C@H](Br)C(C)(C)C1. The molecule has 29 heavy (non-hydrogen) atoms. The van der Waals surface area contributed by atoms with E-state index in [-0.39, 0.29) is 26.4 Å². The van der Waals surface area contributed by atoms with Crippen LogP contribution in [-0.4, -0.2) is 54.4 Å². The molecule has 9 atom stereocenters. The fraction of sp³-hybridized carbons (Fsp3) is 0.955. The number of rotatable bonds is 3. The van der Waals surface area contributed by atoms with Crippen molar-refractivity contribution >= 4 is 37.8 Å². The molecule has 3 aliphatic carbocycles. The molecule has 3 rings (SSSR count). The lowest BCUT2D eigenvalue weighted by Gasteiger charge is -2.54. The van der Waals surface area contributed by atoms with Gasteiger partial charge in [-0.3, -0.25) is 4.79 Å². The zero-order valence-electron chi connectivity index (χ0n) is 18.1. The summed E-state index contributed by atoms with van der Waals surface area (Å²) in [6.45, 7) is 9.48. The van der Waals surface area contributed by atoms with Crippen LogP contribution in [0.5, 0.6) is 0 Å². The van der Waals surface area contributed by atoms with Gasteiger partial charge >= 0.3 is 5.97 Å². The van der Waals surface area contributed by atoms with Gasteiger partial charge in [-0.1, -0.05) is 52.6 Å². The summed E-state index contributed by atoms with van der Waals surface area (Å²) in [6, 6.07) is 0. The summed E-state index contributed by atoms with van der Waals surface area (Å²) in [5.74, 6) is -1.28. The molecule has 5 nitrogen and oxygen atoms in total. The Morgan fingerprint density at radius 1 is 1.07 bits per heavy atom. The van der Waals surface area contributed by atoms with Crippen LogP contribution in [0, 0.1) is 22.7 Å². The van der Waals surface area contributed by atoms with Gasteiger partial charge < -0.3 is 20.1 Å². The third-order valence-corrected chi connectivity index (χ3v) is 11.3. The Morgan fingerprint density at radius 3 is 2.21 bits per heavy atom. The van der Waals surface area contributed by atoms with Crippen molar-refractivity contribution in [3.63, 3.8) is 0 Å². The van der Waals surface area contributed by atoms with Crippen LogP contribution in [-0.2, 0) is 9.53 Å². The van der Waals surface area contributed by atoms with Crippen molar-refractivity contribution in [2.75, 3.05) is 0 Å². The van der Waals surface area contributed by atoms with Gasteiger partial charge in [0.25, 0.3) is 0 Å². The smallest absolute Gasteiger partial charge is 0.303 e. The predicted molar refractivity (Wildman–Crippen MR) is 119 cm³/mol. The van der Waals surface area contributed by atoms with E-state index >= 15 is 0 Å². The molecule has 0 bridgehead atoms. The molecule has 3 N–H and O–H groups in total. The van der Waals surface area contributed by atoms with Crippen molar-refractivity contribution in [3.05, 3.63) is 0 Å². The number of hydrogen-bond acceptors (Lipinski definition) is 5. The number of hydrogen-bond donors (Lipinski definition) is 3. The molecule has 0 spiro atoms. The maximum atomic E-state index is 12.1. The van der Waals surface area contributed by atoms with E-state index in [4.69, 9.17) is 4.74 Å². The normalized spacial score (nSPS) is 50.6. The van der Waals surface area contributed by atoms with E-state index in [1.807, 2.05) is 6.92 Å². The number of carbonyl (C=O) groups is 1. The monoisotopic (exact) mass is 538 g/mol. The maximum absolute atomic E-state index is 12.1. The molecule has 0 aromatic carbocycles. The number of carbonyl (C=O) groups excluding carboxylic acids is 1. The van der Waals surface area contributed by atoms with Gasteiger partial charge in [0, 0.05) is 28.4 Å². The molecule has 0 radical (unpaired) electrons. The Kier molecular flexibility index (Phi) is 6.38. The summed E-state index contributed by atoms with van der Waals surface area (Å²) in [5, 5.41) is 34.4. The first-order chi connectivity index (χ1) is 13.1. The van der Waals surface area contributed by atoms with Crippen molar-refractivity contribution < 1.29 is 24.9 Å². The first-order valence-corrected chi connectivity index (χ1v) is 12.6. The second kappa shape index (κ2) is 7.72. The van der Waals surface area contributed by atoms with Crippen LogP contribution >= 0.6 is 31.9 Å². The summed E-state index contributed by atoms with van der Waals surface area (Å²) >= 11 is 7.53. The van der Waals surface area contributed by atoms with E-state index in [2.05, 4.69) is 52.6 Å². The molecule has 0 saturated heterocycles. The molecular weight excluding hydrogens is 504 g/mol. The Labute approximate surface area is 191 Å². The fourth-order valence-electron chi connectivity index (χ4n) is 6.83. The molecule has 3 saturated carbocycles. The van der Waals surface area contributed by atoms with Crippen molar-refractivity contribution in [3.8, 4) is 0 Å². The number of esters is 1. The quantitative estimate of drug-likeness (QED) is 0.373. The molecular formula is C22H36Br2O5. The first-order valence-electron chi connectivity index (χ1n) is 10.7. The topological polar surface area (TPSA) is 87.0 Å². The van der Waals surface area contributed by atoms with Crippen LogP contribution < -0.4 is 0 Å². The van der Waals surface area contributed by atoms with Crippen LogP contribution in [0.1, 0.15) is 73.1 Å². The number of halogens is 2. The minimum absolute atomic E-state index is 0.155. The Morgan fingerprint density at radius 2 is 1.66 bits per heavy atom. The van der Waals surface area contributed by atoms with Crippen LogP contribution in [0.15, 0.2) is 0 Å². The Bertz CT molecular complexity index is 653. The van der Waals surface area contributed by atoms with Gasteiger partial charge in [0.2, 0.25) is 0 Å². The number of alkyl halides is 2. The molecule has 0 amide bonds. The lowest BCUT2D eigenvalue weighted by atomic mass is 9.57. The summed E-state index contributed by atoms with van der Waals surface area (Å²) < 4.78 is 5.81. The van der Waals surface area contributed by atoms with Crippen LogP contribution in [0.4, 0.5) is 0 Å². The molecule has 168 valence electrons. The first kappa shape index (κ1) is 24.0. The highest BCUT2D eigenvalue weighted by atomic mass is 79.9. The van der Waals surface area contributed by atoms with E-state index in [9.17, 15) is 20.1 Å². The largest absolute Gasteiger partial charge is 0.459 e. The molecule has 1 unspecified atom stereocenters. The Hall–Kier alpha value is 0.310. The van der Waals surface area contributed by atoms with Gasteiger partial charge in [-0.2, -0.15) is 0 Å². The summed E-state index contributed by atoms with van der Waals surface area (Å²) in [5.41, 5.74) is -2.78. The summed E-state index contributed by atoms with van der Waals surface area (Å²) in [7, 11) is 0. The highest BCUT2D eigenvalue weighted by Gasteiger charge is 2.66. The van der Waals surface area contributed by atoms with Gasteiger partial charge in [0.15, 0.2) is 0 Å². The number of fused-ring (bicyclic) bond motifs is 1. The van der Waals surface area contributed by atoms with Crippen LogP contribution in [0.2, 0.25) is 0 Å². The van der Waals surface area contributed by atoms with E-state index in [1.54, 1.807) is 0 Å². The van der Waals surface area contributed by atoms with Crippen LogP contribution in [0.3, 0.4) is 0 Å². The number of ether oxygens (including phenoxy) is 1. The highest BCUT2D eigenvalue weighted by molar-refractivity contribution is 9.09. The zero-order valence-corrected chi connectivity index (χ0v) is 21.3. The third kappa shape index (κ3) is 4.08. The molecule has 7 heteroatoms. The lowest BCUT2D eigenvalue weighted by Crippen LogP contribution is -2.61. The summed E-state index contributed by atoms with van der Waals surface area (Å²) in [6.07, 6.45) is 2.01. The van der Waals surface area contributed by atoms with Crippen molar-refractivity contribution in [2.45, 2.75) is 106 Å². The molecule has 3 fully saturated rings. The Balaban J connectivity index is 2.05. The van der Waals surface area contributed by atoms with Gasteiger partial charge in [-0.05, 0) is 56.3 Å². The second-order valence-electron chi connectivity index (χ2n) is 11.0. The van der Waals surface area contributed by atoms with Gasteiger partial charge in [-0.25, -0.2) is 0 Å². The zero-order chi connectivity index (χ0) is 22.0. The standard InChI is InChI=1S/C22H36Br2O5/c1-12(25)29-18(22(28)9-7-14(23)19(2,3)11-22)16-13(26)10-20(4)15(24)6-8-21(5,27)17(16)20/h13-18,26-28H,6-11H2,1-5H3/t13-,14+,15+,16-,17+,18?,20-,21-,22-/m1/s1.